The van der Waals surface area contributed by atoms with E-state index in [0.29, 0.717) is 12.0 Å². The average molecular weight is 345 g/mol. The summed E-state index contributed by atoms with van der Waals surface area (Å²) in [5.74, 6) is 0. The number of nitrogens with zero attached hydrogens (tertiary/aromatic N) is 1. The van der Waals surface area contributed by atoms with E-state index in [-0.39, 0.29) is 13.2 Å². The van der Waals surface area contributed by atoms with Crippen molar-refractivity contribution in [2.45, 2.75) is 56.8 Å². The van der Waals surface area contributed by atoms with Crippen LogP contribution in [0, 0.1) is 0 Å². The van der Waals surface area contributed by atoms with Gasteiger partial charge < -0.3 is 15.7 Å². The van der Waals surface area contributed by atoms with Crippen molar-refractivity contribution < 1.29 is 23.1 Å². The van der Waals surface area contributed by atoms with E-state index in [2.05, 4.69) is 15.6 Å². The van der Waals surface area contributed by atoms with E-state index < -0.39 is 23.4 Å². The predicted molar refractivity (Wildman–Crippen MR) is 82.1 cm³/mol. The molecule has 1 aromatic rings. The van der Waals surface area contributed by atoms with Gasteiger partial charge in [-0.05, 0) is 37.0 Å². The van der Waals surface area contributed by atoms with E-state index in [9.17, 15) is 23.1 Å². The molecule has 1 aromatic heterocycles. The maximum Gasteiger partial charge on any atom is 0.433 e. The number of aromatic nitrogens is 1. The van der Waals surface area contributed by atoms with Crippen LogP contribution in [0.15, 0.2) is 18.3 Å². The molecule has 0 bridgehead atoms. The number of aliphatic hydroxyl groups excluding tert-OH is 1. The SMILES string of the molecule is O=C(NCc1ccnc(C(F)(F)F)c1)NC1(CCO)CCCCC1. The van der Waals surface area contributed by atoms with Gasteiger partial charge in [-0.15, -0.1) is 0 Å². The lowest BCUT2D eigenvalue weighted by Gasteiger charge is -2.37. The molecule has 1 aliphatic carbocycles. The standard InChI is InChI=1S/C16H22F3N3O2/c17-16(18,19)13-10-12(4-8-20-13)11-21-14(24)22-15(7-9-23)5-2-1-3-6-15/h4,8,10,23H,1-3,5-7,9,11H2,(H2,21,22,24). The fourth-order valence-electron chi connectivity index (χ4n) is 3.09. The average Bonchev–Trinajstić information content (AvgIpc) is 2.53. The van der Waals surface area contributed by atoms with Crippen molar-refractivity contribution in [2.75, 3.05) is 6.61 Å². The normalized spacial score (nSPS) is 17.3. The first kappa shape index (κ1) is 18.5. The van der Waals surface area contributed by atoms with E-state index >= 15 is 0 Å². The molecular formula is C16H22F3N3O2. The molecule has 1 heterocycles. The lowest BCUT2D eigenvalue weighted by Crippen LogP contribution is -2.53. The molecule has 0 atom stereocenters. The van der Waals surface area contributed by atoms with Crippen LogP contribution in [-0.2, 0) is 12.7 Å². The molecule has 0 aromatic carbocycles. The topological polar surface area (TPSA) is 74.2 Å². The van der Waals surface area contributed by atoms with E-state index in [1.807, 2.05) is 0 Å². The number of pyridine rings is 1. The molecule has 1 saturated carbocycles. The molecule has 3 N–H and O–H groups in total. The summed E-state index contributed by atoms with van der Waals surface area (Å²) in [6, 6.07) is 1.92. The van der Waals surface area contributed by atoms with Crippen LogP contribution in [0.3, 0.4) is 0 Å². The molecule has 5 nitrogen and oxygen atoms in total. The zero-order valence-electron chi connectivity index (χ0n) is 13.3. The molecule has 134 valence electrons. The fraction of sp³-hybridized carbons (Fsp3) is 0.625. The van der Waals surface area contributed by atoms with E-state index in [1.54, 1.807) is 0 Å². The van der Waals surface area contributed by atoms with Crippen LogP contribution in [0.4, 0.5) is 18.0 Å². The molecule has 0 radical (unpaired) electrons. The van der Waals surface area contributed by atoms with Gasteiger partial charge in [0.15, 0.2) is 0 Å². The minimum absolute atomic E-state index is 0.0143. The molecule has 1 fully saturated rings. The molecule has 2 amide bonds. The zero-order chi connectivity index (χ0) is 17.6. The summed E-state index contributed by atoms with van der Waals surface area (Å²) < 4.78 is 37.9. The van der Waals surface area contributed by atoms with Gasteiger partial charge in [0.1, 0.15) is 5.69 Å². The number of aliphatic hydroxyl groups is 1. The number of carbonyl (C=O) groups is 1. The summed E-state index contributed by atoms with van der Waals surface area (Å²) in [6.45, 7) is -0.0355. The number of hydrogen-bond acceptors (Lipinski definition) is 3. The van der Waals surface area contributed by atoms with E-state index in [1.165, 1.54) is 6.07 Å². The van der Waals surface area contributed by atoms with Gasteiger partial charge in [-0.25, -0.2) is 4.79 Å². The van der Waals surface area contributed by atoms with Gasteiger partial charge in [0.25, 0.3) is 0 Å². The predicted octanol–water partition coefficient (Wildman–Crippen LogP) is 2.98. The number of amides is 2. The summed E-state index contributed by atoms with van der Waals surface area (Å²) in [4.78, 5) is 15.4. The number of alkyl halides is 3. The van der Waals surface area contributed by atoms with Gasteiger partial charge in [0.05, 0.1) is 0 Å². The van der Waals surface area contributed by atoms with Crippen molar-refractivity contribution in [2.24, 2.45) is 0 Å². The van der Waals surface area contributed by atoms with Crippen LogP contribution < -0.4 is 10.6 Å². The highest BCUT2D eigenvalue weighted by atomic mass is 19.4. The van der Waals surface area contributed by atoms with Crippen LogP contribution in [-0.4, -0.2) is 28.3 Å². The second-order valence-corrected chi connectivity index (χ2v) is 6.17. The third kappa shape index (κ3) is 5.09. The van der Waals surface area contributed by atoms with Crippen LogP contribution in [0.1, 0.15) is 49.8 Å². The zero-order valence-corrected chi connectivity index (χ0v) is 13.3. The van der Waals surface area contributed by atoms with Crippen molar-refractivity contribution in [1.82, 2.24) is 15.6 Å². The highest BCUT2D eigenvalue weighted by Gasteiger charge is 2.33. The number of hydrogen-bond donors (Lipinski definition) is 3. The largest absolute Gasteiger partial charge is 0.433 e. The quantitative estimate of drug-likeness (QED) is 0.768. The summed E-state index contributed by atoms with van der Waals surface area (Å²) in [5.41, 5.74) is -1.08. The summed E-state index contributed by atoms with van der Waals surface area (Å²) in [6.07, 6.45) is 1.72. The van der Waals surface area contributed by atoms with Crippen molar-refractivity contribution in [3.63, 3.8) is 0 Å². The highest BCUT2D eigenvalue weighted by molar-refractivity contribution is 5.74. The van der Waals surface area contributed by atoms with Crippen molar-refractivity contribution in [3.8, 4) is 0 Å². The number of rotatable bonds is 5. The van der Waals surface area contributed by atoms with Gasteiger partial charge in [0.2, 0.25) is 0 Å². The molecule has 2 rings (SSSR count). The first-order valence-electron chi connectivity index (χ1n) is 8.04. The molecule has 0 unspecified atom stereocenters. The minimum Gasteiger partial charge on any atom is -0.396 e. The van der Waals surface area contributed by atoms with Crippen LogP contribution in [0.5, 0.6) is 0 Å². The van der Waals surface area contributed by atoms with Crippen molar-refractivity contribution >= 4 is 6.03 Å². The molecule has 24 heavy (non-hydrogen) atoms. The lowest BCUT2D eigenvalue weighted by atomic mass is 9.79. The Morgan fingerprint density at radius 1 is 1.29 bits per heavy atom. The van der Waals surface area contributed by atoms with Crippen LogP contribution in [0.25, 0.3) is 0 Å². The Morgan fingerprint density at radius 3 is 2.62 bits per heavy atom. The first-order chi connectivity index (χ1) is 11.3. The maximum atomic E-state index is 12.6. The smallest absolute Gasteiger partial charge is 0.396 e. The Labute approximate surface area is 138 Å². The Balaban J connectivity index is 1.93. The van der Waals surface area contributed by atoms with Crippen molar-refractivity contribution in [1.29, 1.82) is 0 Å². The Kier molecular flexibility index (Phi) is 6.04. The van der Waals surface area contributed by atoms with Crippen LogP contribution >= 0.6 is 0 Å². The van der Waals surface area contributed by atoms with E-state index in [4.69, 9.17) is 0 Å². The fourth-order valence-corrected chi connectivity index (χ4v) is 3.09. The van der Waals surface area contributed by atoms with Gasteiger partial charge in [-0.2, -0.15) is 13.2 Å². The lowest BCUT2D eigenvalue weighted by molar-refractivity contribution is -0.141. The molecule has 1 aliphatic rings. The summed E-state index contributed by atoms with van der Waals surface area (Å²) in [5, 5.41) is 14.7. The Bertz CT molecular complexity index is 552. The van der Waals surface area contributed by atoms with Gasteiger partial charge in [0, 0.05) is 24.9 Å². The number of urea groups is 1. The molecule has 0 spiro atoms. The molecule has 8 heteroatoms. The summed E-state index contributed by atoms with van der Waals surface area (Å²) in [7, 11) is 0. The van der Waals surface area contributed by atoms with Gasteiger partial charge in [-0.3, -0.25) is 4.98 Å². The minimum atomic E-state index is -4.51. The molecule has 0 saturated heterocycles. The van der Waals surface area contributed by atoms with Gasteiger partial charge in [-0.1, -0.05) is 19.3 Å². The van der Waals surface area contributed by atoms with Crippen molar-refractivity contribution in [3.05, 3.63) is 29.6 Å². The van der Waals surface area contributed by atoms with Gasteiger partial charge >= 0.3 is 12.2 Å². The number of carbonyl (C=O) groups excluding carboxylic acids is 1. The number of nitrogens with one attached hydrogen (secondary N) is 2. The van der Waals surface area contributed by atoms with Crippen LogP contribution in [0.2, 0.25) is 0 Å². The molecular weight excluding hydrogens is 323 g/mol. The third-order valence-electron chi connectivity index (χ3n) is 4.35. The molecule has 0 aliphatic heterocycles. The summed E-state index contributed by atoms with van der Waals surface area (Å²) >= 11 is 0. The first-order valence-corrected chi connectivity index (χ1v) is 8.04. The second-order valence-electron chi connectivity index (χ2n) is 6.17. The Hall–Kier alpha value is -1.83. The van der Waals surface area contributed by atoms with E-state index in [0.717, 1.165) is 44.4 Å². The third-order valence-corrected chi connectivity index (χ3v) is 4.35. The second kappa shape index (κ2) is 7.83. The number of halogens is 3. The maximum absolute atomic E-state index is 12.6. The highest BCUT2D eigenvalue weighted by Crippen LogP contribution is 2.31. The monoisotopic (exact) mass is 345 g/mol. The Morgan fingerprint density at radius 2 is 2.00 bits per heavy atom.